The van der Waals surface area contributed by atoms with Crippen molar-refractivity contribution >= 4 is 45.5 Å². The van der Waals surface area contributed by atoms with Crippen LogP contribution in [0.3, 0.4) is 0 Å². The first-order chi connectivity index (χ1) is 29.9. The van der Waals surface area contributed by atoms with E-state index in [0.717, 1.165) is 68.5 Å². The minimum Gasteiger partial charge on any atom is -0.497 e. The van der Waals surface area contributed by atoms with Crippen LogP contribution in [0.1, 0.15) is 22.3 Å². The molecule has 8 nitrogen and oxygen atoms in total. The second-order valence-electron chi connectivity index (χ2n) is 15.2. The maximum Gasteiger partial charge on any atom is 0.119 e. The maximum atomic E-state index is 5.43. The van der Waals surface area contributed by atoms with Gasteiger partial charge in [-0.2, -0.15) is 0 Å². The van der Waals surface area contributed by atoms with Gasteiger partial charge in [0.05, 0.1) is 33.9 Å². The molecular weight excluding hydrogens is 757 g/mol. The van der Waals surface area contributed by atoms with Crippen molar-refractivity contribution in [2.45, 2.75) is 5.41 Å². The third kappa shape index (κ3) is 6.68. The summed E-state index contributed by atoms with van der Waals surface area (Å²) in [6, 6.07) is 59.3. The number of benzene rings is 8. The van der Waals surface area contributed by atoms with Gasteiger partial charge in [0.25, 0.3) is 0 Å². The molecule has 10 rings (SSSR count). The average molecular weight is 801 g/mol. The topological polar surface area (TPSA) is 85.0 Å². The van der Waals surface area contributed by atoms with E-state index in [9.17, 15) is 0 Å². The summed E-state index contributed by atoms with van der Waals surface area (Å²) in [6.45, 7) is 0. The van der Waals surface area contributed by atoms with Crippen LogP contribution in [0.4, 0.5) is 45.5 Å². The SMILES string of the molecule is COc1ccc(Nc2ccc3c(c2)-c2cc(Nc4ccc(OC)cc4)ccc2C32c3ccc(Nc4ccc(OC)cc4)cc3-c3cc(Nc4ccc(OC)cc4)ccc32)cc1. The Hall–Kier alpha value is -7.84. The third-order valence-corrected chi connectivity index (χ3v) is 11.8. The molecule has 0 saturated carbocycles. The molecule has 8 aromatic carbocycles. The van der Waals surface area contributed by atoms with E-state index < -0.39 is 5.41 Å². The van der Waals surface area contributed by atoms with Crippen LogP contribution in [0.25, 0.3) is 22.3 Å². The third-order valence-electron chi connectivity index (χ3n) is 11.8. The molecule has 0 unspecified atom stereocenters. The number of rotatable bonds is 12. The van der Waals surface area contributed by atoms with Crippen LogP contribution in [0.5, 0.6) is 23.0 Å². The monoisotopic (exact) mass is 800 g/mol. The highest BCUT2D eigenvalue weighted by Crippen LogP contribution is 2.64. The number of hydrogen-bond donors (Lipinski definition) is 4. The molecule has 61 heavy (non-hydrogen) atoms. The van der Waals surface area contributed by atoms with Crippen LogP contribution in [-0.4, -0.2) is 28.4 Å². The molecule has 4 N–H and O–H groups in total. The van der Waals surface area contributed by atoms with Crippen LogP contribution in [0.15, 0.2) is 170 Å². The molecule has 0 amide bonds. The number of fused-ring (bicyclic) bond motifs is 10. The Bertz CT molecular complexity index is 2490. The Balaban J connectivity index is 1.14. The van der Waals surface area contributed by atoms with Crippen molar-refractivity contribution in [2.24, 2.45) is 0 Å². The number of anilines is 8. The fraction of sp³-hybridized carbons (Fsp3) is 0.0943. The molecule has 0 bridgehead atoms. The summed E-state index contributed by atoms with van der Waals surface area (Å²) in [5.74, 6) is 3.26. The minimum absolute atomic E-state index is 0.579. The Kier molecular flexibility index (Phi) is 9.45. The Morgan fingerprint density at radius 3 is 0.656 bits per heavy atom. The normalized spacial score (nSPS) is 12.4. The molecule has 0 heterocycles. The zero-order chi connectivity index (χ0) is 41.5. The van der Waals surface area contributed by atoms with Gasteiger partial charge >= 0.3 is 0 Å². The van der Waals surface area contributed by atoms with Crippen molar-refractivity contribution < 1.29 is 18.9 Å². The molecule has 2 aliphatic rings. The lowest BCUT2D eigenvalue weighted by Gasteiger charge is -2.31. The number of methoxy groups -OCH3 is 4. The second-order valence-corrected chi connectivity index (χ2v) is 15.2. The zero-order valence-electron chi connectivity index (χ0n) is 34.3. The van der Waals surface area contributed by atoms with E-state index in [1.165, 1.54) is 44.5 Å². The van der Waals surface area contributed by atoms with E-state index in [2.05, 4.69) is 94.1 Å². The standard InChI is InChI=1S/C53H44N4O4/c1-58-41-17-5-33(6-18-41)54-37-13-25-49-45(29-37)46-30-38(55-34-7-19-42(59-2)20-8-34)14-26-50(46)53(49)51-27-15-39(56-35-9-21-43(60-3)22-10-35)31-47(51)48-32-40(16-28-52(48)53)57-36-11-23-44(61-4)24-12-36/h5-32,54-57H,1-4H3. The van der Waals surface area contributed by atoms with Crippen molar-refractivity contribution in [3.8, 4) is 45.3 Å². The van der Waals surface area contributed by atoms with Crippen molar-refractivity contribution in [1.29, 1.82) is 0 Å². The molecule has 0 fully saturated rings. The summed E-state index contributed by atoms with van der Waals surface area (Å²) in [7, 11) is 6.74. The van der Waals surface area contributed by atoms with Gasteiger partial charge in [-0.15, -0.1) is 0 Å². The Morgan fingerprint density at radius 2 is 0.459 bits per heavy atom. The predicted octanol–water partition coefficient (Wildman–Crippen LogP) is 13.0. The molecule has 300 valence electrons. The van der Waals surface area contributed by atoms with E-state index in [0.29, 0.717) is 0 Å². The van der Waals surface area contributed by atoms with Gasteiger partial charge in [-0.25, -0.2) is 0 Å². The molecule has 8 heteroatoms. The first-order valence-corrected chi connectivity index (χ1v) is 20.2. The van der Waals surface area contributed by atoms with E-state index in [1.54, 1.807) is 28.4 Å². The van der Waals surface area contributed by atoms with Crippen molar-refractivity contribution in [3.05, 3.63) is 192 Å². The van der Waals surface area contributed by atoms with Crippen molar-refractivity contribution in [2.75, 3.05) is 49.7 Å². The van der Waals surface area contributed by atoms with Crippen LogP contribution >= 0.6 is 0 Å². The van der Waals surface area contributed by atoms with E-state index in [1.807, 2.05) is 97.1 Å². The van der Waals surface area contributed by atoms with Crippen molar-refractivity contribution in [1.82, 2.24) is 0 Å². The summed E-state index contributed by atoms with van der Waals surface area (Å²) in [5.41, 5.74) is 17.0. The van der Waals surface area contributed by atoms with Gasteiger partial charge in [-0.3, -0.25) is 0 Å². The quantitative estimate of drug-likeness (QED) is 0.0972. The largest absolute Gasteiger partial charge is 0.497 e. The van der Waals surface area contributed by atoms with Crippen molar-refractivity contribution in [3.63, 3.8) is 0 Å². The second kappa shape index (κ2) is 15.4. The van der Waals surface area contributed by atoms with Gasteiger partial charge in [0.15, 0.2) is 0 Å². The molecule has 8 aromatic rings. The van der Waals surface area contributed by atoms with Gasteiger partial charge < -0.3 is 40.2 Å². The molecule has 2 aliphatic carbocycles. The Morgan fingerprint density at radius 1 is 0.262 bits per heavy atom. The summed E-state index contributed by atoms with van der Waals surface area (Å²) in [5, 5.41) is 14.6. The molecular formula is C53H44N4O4. The first-order valence-electron chi connectivity index (χ1n) is 20.2. The first kappa shape index (κ1) is 37.4. The summed E-state index contributed by atoms with van der Waals surface area (Å²) >= 11 is 0. The van der Waals surface area contributed by atoms with Crippen LogP contribution < -0.4 is 40.2 Å². The molecule has 0 atom stereocenters. The van der Waals surface area contributed by atoms with Gasteiger partial charge in [0.1, 0.15) is 23.0 Å². The highest BCUT2D eigenvalue weighted by atomic mass is 16.5. The molecule has 0 radical (unpaired) electrons. The van der Waals surface area contributed by atoms with E-state index >= 15 is 0 Å². The van der Waals surface area contributed by atoms with Gasteiger partial charge in [0.2, 0.25) is 0 Å². The van der Waals surface area contributed by atoms with Gasteiger partial charge in [-0.1, -0.05) is 24.3 Å². The van der Waals surface area contributed by atoms with Crippen LogP contribution in [0.2, 0.25) is 0 Å². The number of nitrogens with one attached hydrogen (secondary N) is 4. The van der Waals surface area contributed by atoms with Gasteiger partial charge in [0, 0.05) is 45.5 Å². The minimum atomic E-state index is -0.579. The molecule has 0 aliphatic heterocycles. The fourth-order valence-corrected chi connectivity index (χ4v) is 8.92. The zero-order valence-corrected chi connectivity index (χ0v) is 34.3. The van der Waals surface area contributed by atoms with Gasteiger partial charge in [-0.05, 0) is 190 Å². The lowest BCUT2D eigenvalue weighted by atomic mass is 9.70. The molecule has 0 aromatic heterocycles. The number of ether oxygens (including phenoxy) is 4. The molecule has 0 saturated heterocycles. The maximum absolute atomic E-state index is 5.43. The number of hydrogen-bond acceptors (Lipinski definition) is 8. The van der Waals surface area contributed by atoms with Crippen LogP contribution in [-0.2, 0) is 5.41 Å². The fourth-order valence-electron chi connectivity index (χ4n) is 8.92. The highest BCUT2D eigenvalue weighted by molar-refractivity contribution is 5.98. The van der Waals surface area contributed by atoms with Crippen LogP contribution in [0, 0.1) is 0 Å². The predicted molar refractivity (Wildman–Crippen MR) is 248 cm³/mol. The smallest absolute Gasteiger partial charge is 0.119 e. The lowest BCUT2D eigenvalue weighted by molar-refractivity contribution is 0.415. The highest BCUT2D eigenvalue weighted by Gasteiger charge is 2.52. The van der Waals surface area contributed by atoms with E-state index in [-0.39, 0.29) is 0 Å². The molecule has 1 spiro atoms. The summed E-state index contributed by atoms with van der Waals surface area (Å²) in [4.78, 5) is 0. The summed E-state index contributed by atoms with van der Waals surface area (Å²) < 4.78 is 21.7. The lowest BCUT2D eigenvalue weighted by Crippen LogP contribution is -2.25. The average Bonchev–Trinajstić information content (AvgIpc) is 3.75. The Labute approximate surface area is 355 Å². The van der Waals surface area contributed by atoms with E-state index in [4.69, 9.17) is 18.9 Å². The summed E-state index contributed by atoms with van der Waals surface area (Å²) in [6.07, 6.45) is 0.